The van der Waals surface area contributed by atoms with Crippen molar-refractivity contribution < 1.29 is 0 Å². The Kier molecular flexibility index (Phi) is 4.79. The van der Waals surface area contributed by atoms with Crippen molar-refractivity contribution in [2.75, 3.05) is 19.3 Å². The molecule has 0 aliphatic heterocycles. The standard InChI is InChI=1S/C20H26N2/c1-22-14-18(16-8-5-10-19(21)13-16)12-17-9-4-7-15-6-2-3-11-20(15)17/h2-3,5-6,8,10-11,13,17-18,22H,4,7,9,12,14,21H2,1H3. The summed E-state index contributed by atoms with van der Waals surface area (Å²) in [5, 5.41) is 3.36. The Morgan fingerprint density at radius 3 is 2.86 bits per heavy atom. The summed E-state index contributed by atoms with van der Waals surface area (Å²) in [6.45, 7) is 1.00. The van der Waals surface area contributed by atoms with E-state index in [1.54, 1.807) is 11.1 Å². The van der Waals surface area contributed by atoms with Gasteiger partial charge in [0.15, 0.2) is 0 Å². The van der Waals surface area contributed by atoms with Crippen LogP contribution in [-0.2, 0) is 6.42 Å². The number of hydrogen-bond donors (Lipinski definition) is 2. The van der Waals surface area contributed by atoms with Crippen molar-refractivity contribution in [1.29, 1.82) is 0 Å². The van der Waals surface area contributed by atoms with Crippen LogP contribution >= 0.6 is 0 Å². The van der Waals surface area contributed by atoms with Gasteiger partial charge in [0.05, 0.1) is 0 Å². The van der Waals surface area contributed by atoms with Crippen molar-refractivity contribution in [3.05, 3.63) is 65.2 Å². The van der Waals surface area contributed by atoms with E-state index < -0.39 is 0 Å². The molecule has 2 atom stereocenters. The van der Waals surface area contributed by atoms with Crippen molar-refractivity contribution >= 4 is 5.69 Å². The van der Waals surface area contributed by atoms with E-state index in [1.807, 2.05) is 13.1 Å². The van der Waals surface area contributed by atoms with Crippen LogP contribution in [0.4, 0.5) is 5.69 Å². The second-order valence-electron chi connectivity index (χ2n) is 6.45. The first-order valence-corrected chi connectivity index (χ1v) is 8.35. The quantitative estimate of drug-likeness (QED) is 0.815. The van der Waals surface area contributed by atoms with Crippen LogP contribution in [0.2, 0.25) is 0 Å². The van der Waals surface area contributed by atoms with Gasteiger partial charge in [0.25, 0.3) is 0 Å². The first kappa shape index (κ1) is 15.1. The molecule has 2 heteroatoms. The fourth-order valence-electron chi connectivity index (χ4n) is 3.84. The number of likely N-dealkylation sites (N-methyl/N-ethyl adjacent to an activating group) is 1. The maximum Gasteiger partial charge on any atom is 0.0316 e. The van der Waals surface area contributed by atoms with Crippen molar-refractivity contribution in [1.82, 2.24) is 5.32 Å². The topological polar surface area (TPSA) is 38.0 Å². The zero-order valence-electron chi connectivity index (χ0n) is 13.4. The highest BCUT2D eigenvalue weighted by Crippen LogP contribution is 2.38. The summed E-state index contributed by atoms with van der Waals surface area (Å²) < 4.78 is 0. The molecule has 0 radical (unpaired) electrons. The smallest absolute Gasteiger partial charge is 0.0316 e. The molecule has 0 heterocycles. The number of hydrogen-bond acceptors (Lipinski definition) is 2. The van der Waals surface area contributed by atoms with Gasteiger partial charge in [0.1, 0.15) is 0 Å². The molecule has 22 heavy (non-hydrogen) atoms. The summed E-state index contributed by atoms with van der Waals surface area (Å²) in [6, 6.07) is 17.4. The first-order chi connectivity index (χ1) is 10.8. The molecule has 0 fully saturated rings. The Hall–Kier alpha value is -1.80. The lowest BCUT2D eigenvalue weighted by Crippen LogP contribution is -2.21. The molecule has 116 valence electrons. The number of rotatable bonds is 5. The highest BCUT2D eigenvalue weighted by Gasteiger charge is 2.24. The monoisotopic (exact) mass is 294 g/mol. The zero-order valence-corrected chi connectivity index (χ0v) is 13.4. The lowest BCUT2D eigenvalue weighted by atomic mass is 9.77. The fourth-order valence-corrected chi connectivity index (χ4v) is 3.84. The van der Waals surface area contributed by atoms with Gasteiger partial charge in [-0.05, 0) is 73.4 Å². The number of benzene rings is 2. The van der Waals surface area contributed by atoms with Crippen LogP contribution in [-0.4, -0.2) is 13.6 Å². The summed E-state index contributed by atoms with van der Waals surface area (Å²) in [5.41, 5.74) is 11.3. The summed E-state index contributed by atoms with van der Waals surface area (Å²) in [7, 11) is 2.04. The molecular weight excluding hydrogens is 268 g/mol. The van der Waals surface area contributed by atoms with E-state index in [2.05, 4.69) is 47.8 Å². The molecule has 1 aliphatic rings. The predicted molar refractivity (Wildman–Crippen MR) is 94.3 cm³/mol. The first-order valence-electron chi connectivity index (χ1n) is 8.35. The Balaban J connectivity index is 1.83. The summed E-state index contributed by atoms with van der Waals surface area (Å²) >= 11 is 0. The average Bonchev–Trinajstić information content (AvgIpc) is 2.55. The number of fused-ring (bicyclic) bond motifs is 1. The molecule has 0 saturated carbocycles. The van der Waals surface area contributed by atoms with Gasteiger partial charge < -0.3 is 11.1 Å². The van der Waals surface area contributed by atoms with E-state index in [-0.39, 0.29) is 0 Å². The molecule has 0 aromatic heterocycles. The largest absolute Gasteiger partial charge is 0.399 e. The minimum Gasteiger partial charge on any atom is -0.399 e. The van der Waals surface area contributed by atoms with Crippen LogP contribution < -0.4 is 11.1 Å². The number of nitrogen functional groups attached to an aromatic ring is 1. The number of aryl methyl sites for hydroxylation is 1. The Bertz CT molecular complexity index is 621. The molecule has 3 rings (SSSR count). The number of nitrogens with one attached hydrogen (secondary N) is 1. The summed E-state index contributed by atoms with van der Waals surface area (Å²) in [5.74, 6) is 1.19. The molecule has 2 aromatic carbocycles. The Morgan fingerprint density at radius 2 is 2.05 bits per heavy atom. The van der Waals surface area contributed by atoms with Gasteiger partial charge in [-0.1, -0.05) is 36.4 Å². The van der Waals surface area contributed by atoms with Crippen LogP contribution in [0, 0.1) is 0 Å². The van der Waals surface area contributed by atoms with Gasteiger partial charge >= 0.3 is 0 Å². The Morgan fingerprint density at radius 1 is 1.18 bits per heavy atom. The Labute approximate surface area is 133 Å². The van der Waals surface area contributed by atoms with Gasteiger partial charge in [0, 0.05) is 12.2 Å². The van der Waals surface area contributed by atoms with E-state index in [1.165, 1.54) is 31.2 Å². The zero-order chi connectivity index (χ0) is 15.4. The number of anilines is 1. The van der Waals surface area contributed by atoms with E-state index >= 15 is 0 Å². The number of nitrogens with two attached hydrogens (primary N) is 1. The predicted octanol–water partition coefficient (Wildman–Crippen LogP) is 4.08. The van der Waals surface area contributed by atoms with E-state index in [0.717, 1.165) is 12.2 Å². The molecule has 0 bridgehead atoms. The van der Waals surface area contributed by atoms with Gasteiger partial charge in [-0.15, -0.1) is 0 Å². The van der Waals surface area contributed by atoms with Crippen molar-refractivity contribution in [3.8, 4) is 0 Å². The highest BCUT2D eigenvalue weighted by atomic mass is 14.8. The second-order valence-corrected chi connectivity index (χ2v) is 6.45. The SMILES string of the molecule is CNCC(CC1CCCc2ccccc21)c1cccc(N)c1. The minimum absolute atomic E-state index is 0.518. The minimum atomic E-state index is 0.518. The second kappa shape index (κ2) is 6.97. The van der Waals surface area contributed by atoms with Gasteiger partial charge in [-0.25, -0.2) is 0 Å². The third kappa shape index (κ3) is 3.33. The molecule has 1 aliphatic carbocycles. The molecule has 0 amide bonds. The maximum atomic E-state index is 5.98. The van der Waals surface area contributed by atoms with E-state index in [9.17, 15) is 0 Å². The van der Waals surface area contributed by atoms with Crippen molar-refractivity contribution in [2.45, 2.75) is 37.5 Å². The van der Waals surface area contributed by atoms with E-state index in [0.29, 0.717) is 11.8 Å². The lowest BCUT2D eigenvalue weighted by molar-refractivity contribution is 0.460. The highest BCUT2D eigenvalue weighted by molar-refractivity contribution is 5.42. The molecule has 0 saturated heterocycles. The van der Waals surface area contributed by atoms with Crippen LogP contribution in [0.1, 0.15) is 47.8 Å². The van der Waals surface area contributed by atoms with Crippen molar-refractivity contribution in [2.24, 2.45) is 0 Å². The molecule has 2 nitrogen and oxygen atoms in total. The summed E-state index contributed by atoms with van der Waals surface area (Å²) in [6.07, 6.45) is 5.05. The van der Waals surface area contributed by atoms with Crippen LogP contribution in [0.3, 0.4) is 0 Å². The van der Waals surface area contributed by atoms with E-state index in [4.69, 9.17) is 5.73 Å². The van der Waals surface area contributed by atoms with Gasteiger partial charge in [-0.2, -0.15) is 0 Å². The third-order valence-electron chi connectivity index (χ3n) is 4.90. The van der Waals surface area contributed by atoms with Crippen LogP contribution in [0.25, 0.3) is 0 Å². The fraction of sp³-hybridized carbons (Fsp3) is 0.400. The summed E-state index contributed by atoms with van der Waals surface area (Å²) in [4.78, 5) is 0. The normalized spacial score (nSPS) is 18.7. The molecule has 2 aromatic rings. The maximum absolute atomic E-state index is 5.98. The third-order valence-corrected chi connectivity index (χ3v) is 4.90. The average molecular weight is 294 g/mol. The molecule has 2 unspecified atom stereocenters. The van der Waals surface area contributed by atoms with Crippen LogP contribution in [0.5, 0.6) is 0 Å². The van der Waals surface area contributed by atoms with Crippen LogP contribution in [0.15, 0.2) is 48.5 Å². The lowest BCUT2D eigenvalue weighted by Gasteiger charge is -2.29. The van der Waals surface area contributed by atoms with Gasteiger partial charge in [-0.3, -0.25) is 0 Å². The molecule has 0 spiro atoms. The molecular formula is C20H26N2. The van der Waals surface area contributed by atoms with Crippen molar-refractivity contribution in [3.63, 3.8) is 0 Å². The molecule has 3 N–H and O–H groups in total. The van der Waals surface area contributed by atoms with Gasteiger partial charge in [0.2, 0.25) is 0 Å².